The van der Waals surface area contributed by atoms with Crippen LogP contribution in [0.5, 0.6) is 0 Å². The molecule has 0 bridgehead atoms. The van der Waals surface area contributed by atoms with Crippen LogP contribution in [-0.4, -0.2) is 9.78 Å². The second kappa shape index (κ2) is 5.63. The maximum absolute atomic E-state index is 13.5. The normalized spacial score (nSPS) is 11.0. The van der Waals surface area contributed by atoms with Crippen LogP contribution in [0.4, 0.5) is 27.6 Å². The molecule has 9 heteroatoms. The molecule has 1 aromatic heterocycles. The van der Waals surface area contributed by atoms with Crippen LogP contribution < -0.4 is 5.32 Å². The summed E-state index contributed by atoms with van der Waals surface area (Å²) in [6, 6.07) is 0. The van der Waals surface area contributed by atoms with E-state index in [4.69, 9.17) is 0 Å². The number of hydrogen-bond acceptors (Lipinski definition) is 2. The Balaban J connectivity index is 2.37. The van der Waals surface area contributed by atoms with Crippen LogP contribution in [0.15, 0.2) is 4.47 Å². The van der Waals surface area contributed by atoms with Crippen molar-refractivity contribution in [3.05, 3.63) is 44.9 Å². The van der Waals surface area contributed by atoms with Gasteiger partial charge in [0, 0.05) is 7.05 Å². The Morgan fingerprint density at radius 2 is 1.48 bits per heavy atom. The molecule has 0 atom stereocenters. The Morgan fingerprint density at radius 3 is 1.90 bits per heavy atom. The summed E-state index contributed by atoms with van der Waals surface area (Å²) in [5.74, 6) is -9.97. The fraction of sp³-hybridized carbons (Fsp3) is 0.250. The molecule has 0 fully saturated rings. The highest BCUT2D eigenvalue weighted by Crippen LogP contribution is 2.28. The predicted octanol–water partition coefficient (Wildman–Crippen LogP) is 3.80. The van der Waals surface area contributed by atoms with Gasteiger partial charge in [0.25, 0.3) is 0 Å². The van der Waals surface area contributed by atoms with E-state index in [0.29, 0.717) is 15.9 Å². The average Bonchev–Trinajstić information content (AvgIpc) is 2.69. The molecule has 2 rings (SSSR count). The first-order valence-electron chi connectivity index (χ1n) is 5.69. The number of hydrogen-bond donors (Lipinski definition) is 1. The summed E-state index contributed by atoms with van der Waals surface area (Å²) in [6.07, 6.45) is 0. The molecule has 0 saturated carbocycles. The van der Waals surface area contributed by atoms with Gasteiger partial charge >= 0.3 is 0 Å². The molecule has 0 radical (unpaired) electrons. The van der Waals surface area contributed by atoms with Gasteiger partial charge in [0.1, 0.15) is 5.69 Å². The second-order valence-electron chi connectivity index (χ2n) is 4.27. The van der Waals surface area contributed by atoms with Crippen LogP contribution in [0.3, 0.4) is 0 Å². The fourth-order valence-electron chi connectivity index (χ4n) is 1.80. The smallest absolute Gasteiger partial charge is 0.200 e. The molecule has 114 valence electrons. The van der Waals surface area contributed by atoms with E-state index in [1.165, 1.54) is 4.68 Å². The molecule has 0 spiro atoms. The number of nitrogens with zero attached hydrogens (tertiary/aromatic N) is 2. The highest BCUT2D eigenvalue weighted by molar-refractivity contribution is 9.10. The lowest BCUT2D eigenvalue weighted by Gasteiger charge is -2.11. The van der Waals surface area contributed by atoms with E-state index in [-0.39, 0.29) is 6.54 Å². The molecule has 0 amide bonds. The number of anilines is 1. The van der Waals surface area contributed by atoms with Gasteiger partial charge in [0.15, 0.2) is 23.3 Å². The summed E-state index contributed by atoms with van der Waals surface area (Å²) >= 11 is 3.23. The molecule has 2 aromatic rings. The van der Waals surface area contributed by atoms with E-state index in [9.17, 15) is 22.0 Å². The maximum atomic E-state index is 13.5. The van der Waals surface area contributed by atoms with Crippen molar-refractivity contribution in [2.75, 3.05) is 5.32 Å². The minimum Gasteiger partial charge on any atom is -0.374 e. The summed E-state index contributed by atoms with van der Waals surface area (Å²) in [6.45, 7) is 1.53. The van der Waals surface area contributed by atoms with Crippen LogP contribution in [0, 0.1) is 36.0 Å². The summed E-state index contributed by atoms with van der Waals surface area (Å²) in [4.78, 5) is 0. The number of nitrogens with one attached hydrogen (secondary N) is 1. The van der Waals surface area contributed by atoms with Crippen molar-refractivity contribution < 1.29 is 22.0 Å². The van der Waals surface area contributed by atoms with Gasteiger partial charge in [-0.2, -0.15) is 5.10 Å². The van der Waals surface area contributed by atoms with Gasteiger partial charge in [-0.15, -0.1) is 0 Å². The molecular weight excluding hydrogens is 361 g/mol. The maximum Gasteiger partial charge on any atom is 0.200 e. The van der Waals surface area contributed by atoms with Crippen LogP contribution in [0.1, 0.15) is 11.4 Å². The summed E-state index contributed by atoms with van der Waals surface area (Å²) in [7, 11) is 1.59. The van der Waals surface area contributed by atoms with Crippen LogP contribution in [-0.2, 0) is 13.6 Å². The minimum atomic E-state index is -2.19. The van der Waals surface area contributed by atoms with Crippen LogP contribution in [0.2, 0.25) is 0 Å². The molecule has 3 nitrogen and oxygen atoms in total. The van der Waals surface area contributed by atoms with Crippen molar-refractivity contribution in [2.45, 2.75) is 13.5 Å². The predicted molar refractivity (Wildman–Crippen MR) is 69.2 cm³/mol. The lowest BCUT2D eigenvalue weighted by atomic mass is 10.2. The third kappa shape index (κ3) is 2.61. The molecule has 1 aromatic carbocycles. The van der Waals surface area contributed by atoms with Crippen molar-refractivity contribution in [2.24, 2.45) is 7.05 Å². The standard InChI is InChI=1S/C12H9BrF5N3/c1-4-6(13)5(21(2)20-4)3-19-12-10(17)8(15)7(14)9(16)11(12)18/h19H,3H2,1-2H3. The van der Waals surface area contributed by atoms with E-state index >= 15 is 0 Å². The van der Waals surface area contributed by atoms with Crippen molar-refractivity contribution in [3.8, 4) is 0 Å². The van der Waals surface area contributed by atoms with Crippen molar-refractivity contribution in [1.29, 1.82) is 0 Å². The number of halogens is 6. The largest absolute Gasteiger partial charge is 0.374 e. The van der Waals surface area contributed by atoms with Crippen LogP contribution in [0.25, 0.3) is 0 Å². The van der Waals surface area contributed by atoms with Crippen molar-refractivity contribution >= 4 is 21.6 Å². The van der Waals surface area contributed by atoms with Gasteiger partial charge in [0.2, 0.25) is 5.82 Å². The number of benzene rings is 1. The Bertz CT molecular complexity index is 685. The highest BCUT2D eigenvalue weighted by Gasteiger charge is 2.26. The molecule has 21 heavy (non-hydrogen) atoms. The zero-order chi connectivity index (χ0) is 15.9. The SMILES string of the molecule is Cc1nn(C)c(CNc2c(F)c(F)c(F)c(F)c2F)c1Br. The highest BCUT2D eigenvalue weighted by atomic mass is 79.9. The van der Waals surface area contributed by atoms with Gasteiger partial charge in [-0.1, -0.05) is 0 Å². The zero-order valence-electron chi connectivity index (χ0n) is 10.9. The fourth-order valence-corrected chi connectivity index (χ4v) is 2.28. The van der Waals surface area contributed by atoms with Crippen molar-refractivity contribution in [1.82, 2.24) is 9.78 Å². The Labute approximate surface area is 124 Å². The zero-order valence-corrected chi connectivity index (χ0v) is 12.5. The van der Waals surface area contributed by atoms with Crippen molar-refractivity contribution in [3.63, 3.8) is 0 Å². The first-order valence-corrected chi connectivity index (χ1v) is 6.48. The van der Waals surface area contributed by atoms with Gasteiger partial charge in [-0.3, -0.25) is 4.68 Å². The first-order chi connectivity index (χ1) is 9.75. The quantitative estimate of drug-likeness (QED) is 0.506. The Hall–Kier alpha value is -1.64. The van der Waals surface area contributed by atoms with E-state index in [2.05, 4.69) is 26.3 Å². The molecule has 1 heterocycles. The molecule has 0 aliphatic carbocycles. The third-order valence-electron chi connectivity index (χ3n) is 2.90. The van der Waals surface area contributed by atoms with Gasteiger partial charge in [-0.05, 0) is 22.9 Å². The molecule has 1 N–H and O–H groups in total. The van der Waals surface area contributed by atoms with Crippen LogP contribution >= 0.6 is 15.9 Å². The van der Waals surface area contributed by atoms with Gasteiger partial charge < -0.3 is 5.32 Å². The van der Waals surface area contributed by atoms with E-state index in [1.807, 2.05) is 0 Å². The topological polar surface area (TPSA) is 29.9 Å². The number of aromatic nitrogens is 2. The first kappa shape index (κ1) is 15.7. The molecule has 0 aliphatic rings. The second-order valence-corrected chi connectivity index (χ2v) is 5.06. The Kier molecular flexibility index (Phi) is 4.22. The Morgan fingerprint density at radius 1 is 1.00 bits per heavy atom. The summed E-state index contributed by atoms with van der Waals surface area (Å²) in [5, 5.41) is 6.26. The number of aryl methyl sites for hydroxylation is 2. The summed E-state index contributed by atoms with van der Waals surface area (Å²) in [5.41, 5.74) is 0.0558. The lowest BCUT2D eigenvalue weighted by Crippen LogP contribution is -2.12. The van der Waals surface area contributed by atoms with E-state index in [0.717, 1.165) is 0 Å². The van der Waals surface area contributed by atoms with E-state index in [1.54, 1.807) is 14.0 Å². The summed E-state index contributed by atoms with van der Waals surface area (Å²) < 4.78 is 68.0. The number of rotatable bonds is 3. The molecule has 0 saturated heterocycles. The average molecular weight is 370 g/mol. The van der Waals surface area contributed by atoms with E-state index < -0.39 is 34.8 Å². The van der Waals surface area contributed by atoms with Gasteiger partial charge in [0.05, 0.1) is 22.4 Å². The monoisotopic (exact) mass is 369 g/mol. The minimum absolute atomic E-state index is 0.170. The third-order valence-corrected chi connectivity index (χ3v) is 3.94. The molecule has 0 aliphatic heterocycles. The lowest BCUT2D eigenvalue weighted by molar-refractivity contribution is 0.381. The molecule has 0 unspecified atom stereocenters. The van der Waals surface area contributed by atoms with Gasteiger partial charge in [-0.25, -0.2) is 22.0 Å². The molecular formula is C12H9BrF5N3.